The molecule has 1 atom stereocenters. The highest BCUT2D eigenvalue weighted by molar-refractivity contribution is 8.33. The molecule has 0 saturated carbocycles. The minimum absolute atomic E-state index is 0.209. The van der Waals surface area contributed by atoms with Crippen LogP contribution >= 0.6 is 10.0 Å². The predicted molar refractivity (Wildman–Crippen MR) is 67.0 cm³/mol. The normalized spacial score (nSPS) is 29.2. The molecule has 0 amide bonds. The first-order chi connectivity index (χ1) is 6.13. The highest BCUT2D eigenvalue weighted by atomic mass is 32.3. The molecule has 1 saturated heterocycles. The molecule has 1 fully saturated rings. The summed E-state index contributed by atoms with van der Waals surface area (Å²) in [5.74, 6) is 5.73. The van der Waals surface area contributed by atoms with Crippen LogP contribution in [0.1, 0.15) is 34.6 Å². The van der Waals surface area contributed by atoms with Gasteiger partial charge < -0.3 is 0 Å². The van der Waals surface area contributed by atoms with Crippen molar-refractivity contribution in [3.63, 3.8) is 0 Å². The molecule has 1 rings (SSSR count). The van der Waals surface area contributed by atoms with Crippen LogP contribution in [0.5, 0.6) is 0 Å². The fourth-order valence-corrected chi connectivity index (χ4v) is 5.62. The van der Waals surface area contributed by atoms with Crippen molar-refractivity contribution in [2.45, 2.75) is 40.7 Å². The molecule has 82 valence electrons. The Morgan fingerprint density at radius 1 is 1.23 bits per heavy atom. The topological polar surface area (TPSA) is 3.24 Å². The first kappa shape index (κ1) is 13.3. The van der Waals surface area contributed by atoms with Crippen LogP contribution in [0, 0.1) is 0 Å². The van der Waals surface area contributed by atoms with E-state index in [1.165, 1.54) is 23.1 Å². The minimum atomic E-state index is -0.209. The Labute approximate surface area is 86.2 Å². The smallest absolute Gasteiger partial charge is 0.0290 e. The summed E-state index contributed by atoms with van der Waals surface area (Å²) >= 11 is 0. The summed E-state index contributed by atoms with van der Waals surface area (Å²) in [6.45, 7) is 11.1. The van der Waals surface area contributed by atoms with E-state index in [0.29, 0.717) is 0 Å². The van der Waals surface area contributed by atoms with E-state index in [1.54, 1.807) is 0 Å². The van der Waals surface area contributed by atoms with E-state index < -0.39 is 0 Å². The van der Waals surface area contributed by atoms with Gasteiger partial charge in [0.1, 0.15) is 0 Å². The van der Waals surface area contributed by atoms with E-state index in [9.17, 15) is 0 Å². The van der Waals surface area contributed by atoms with Gasteiger partial charge in [0.15, 0.2) is 0 Å². The third-order valence-electron chi connectivity index (χ3n) is 3.05. The molecule has 13 heavy (non-hydrogen) atoms. The van der Waals surface area contributed by atoms with Gasteiger partial charge in [0, 0.05) is 11.9 Å². The standard InChI is InChI=1S/C9H21NS.C2H6/c1-5-11(6-2)7-9(3)10(4)8-11;1-2/h9H,5-8H2,1-4H3;1-2H3. The van der Waals surface area contributed by atoms with E-state index in [4.69, 9.17) is 0 Å². The maximum absolute atomic E-state index is 2.53. The van der Waals surface area contributed by atoms with Crippen LogP contribution in [0.4, 0.5) is 0 Å². The largest absolute Gasteiger partial charge is 0.295 e. The van der Waals surface area contributed by atoms with E-state index in [-0.39, 0.29) is 10.0 Å². The zero-order chi connectivity index (χ0) is 10.5. The summed E-state index contributed by atoms with van der Waals surface area (Å²) in [6.07, 6.45) is 0. The fraction of sp³-hybridized carbons (Fsp3) is 1.00. The summed E-state index contributed by atoms with van der Waals surface area (Å²) < 4.78 is 0. The molecule has 1 aliphatic heterocycles. The molecule has 0 aromatic carbocycles. The Kier molecular flexibility index (Phi) is 6.06. The van der Waals surface area contributed by atoms with E-state index in [2.05, 4.69) is 32.7 Å². The van der Waals surface area contributed by atoms with Crippen molar-refractivity contribution >= 4 is 10.0 Å². The van der Waals surface area contributed by atoms with Gasteiger partial charge in [-0.2, -0.15) is 0 Å². The van der Waals surface area contributed by atoms with Crippen molar-refractivity contribution in [3.05, 3.63) is 0 Å². The van der Waals surface area contributed by atoms with Crippen LogP contribution in [0.25, 0.3) is 0 Å². The summed E-state index contributed by atoms with van der Waals surface area (Å²) in [4.78, 5) is 2.53. The quantitative estimate of drug-likeness (QED) is 0.669. The Morgan fingerprint density at radius 3 is 1.85 bits per heavy atom. The van der Waals surface area contributed by atoms with Crippen LogP contribution in [0.15, 0.2) is 0 Å². The summed E-state index contributed by atoms with van der Waals surface area (Å²) in [5, 5.41) is 0. The van der Waals surface area contributed by atoms with Crippen molar-refractivity contribution in [1.29, 1.82) is 0 Å². The maximum Gasteiger partial charge on any atom is 0.0290 e. The van der Waals surface area contributed by atoms with Crippen molar-refractivity contribution in [2.24, 2.45) is 0 Å². The van der Waals surface area contributed by atoms with E-state index >= 15 is 0 Å². The highest BCUT2D eigenvalue weighted by Crippen LogP contribution is 2.52. The van der Waals surface area contributed by atoms with Crippen molar-refractivity contribution in [2.75, 3.05) is 30.2 Å². The first-order valence-corrected chi connectivity index (χ1v) is 7.89. The summed E-state index contributed by atoms with van der Waals surface area (Å²) in [7, 11) is 2.06. The molecule has 0 aromatic heterocycles. The SMILES string of the molecule is CC.CCS1(CC)CC(C)N(C)C1. The van der Waals surface area contributed by atoms with E-state index in [0.717, 1.165) is 6.04 Å². The molecule has 0 N–H and O–H groups in total. The molecule has 1 aliphatic rings. The Balaban J connectivity index is 0.000000671. The molecular weight excluding hydrogens is 178 g/mol. The number of hydrogen-bond acceptors (Lipinski definition) is 1. The Bertz CT molecular complexity index is 120. The molecule has 0 radical (unpaired) electrons. The number of hydrogen-bond donors (Lipinski definition) is 0. The summed E-state index contributed by atoms with van der Waals surface area (Å²) in [6, 6.07) is 0.838. The van der Waals surface area contributed by atoms with Gasteiger partial charge in [-0.15, -0.1) is 0 Å². The molecule has 1 unspecified atom stereocenters. The zero-order valence-electron chi connectivity index (χ0n) is 10.3. The maximum atomic E-state index is 2.53. The van der Waals surface area contributed by atoms with Crippen molar-refractivity contribution < 1.29 is 0 Å². The van der Waals surface area contributed by atoms with Gasteiger partial charge in [0.25, 0.3) is 0 Å². The Morgan fingerprint density at radius 2 is 1.69 bits per heavy atom. The second kappa shape index (κ2) is 5.92. The van der Waals surface area contributed by atoms with Gasteiger partial charge in [0.05, 0.1) is 0 Å². The second-order valence-corrected chi connectivity index (χ2v) is 7.90. The highest BCUT2D eigenvalue weighted by Gasteiger charge is 2.32. The summed E-state index contributed by atoms with van der Waals surface area (Å²) in [5.41, 5.74) is 0. The van der Waals surface area contributed by atoms with Gasteiger partial charge >= 0.3 is 0 Å². The first-order valence-electron chi connectivity index (χ1n) is 5.58. The van der Waals surface area contributed by atoms with Gasteiger partial charge in [-0.3, -0.25) is 4.90 Å². The molecule has 0 aromatic rings. The van der Waals surface area contributed by atoms with Gasteiger partial charge in [-0.05, 0) is 31.2 Å². The third kappa shape index (κ3) is 3.17. The molecule has 2 heteroatoms. The lowest BCUT2D eigenvalue weighted by Crippen LogP contribution is -2.22. The average molecular weight is 205 g/mol. The molecular formula is C11H27NS. The molecule has 1 heterocycles. The van der Waals surface area contributed by atoms with Gasteiger partial charge in [-0.25, -0.2) is 10.0 Å². The van der Waals surface area contributed by atoms with Crippen LogP contribution in [-0.4, -0.2) is 41.1 Å². The van der Waals surface area contributed by atoms with Crippen LogP contribution < -0.4 is 0 Å². The minimum Gasteiger partial charge on any atom is -0.295 e. The third-order valence-corrected chi connectivity index (χ3v) is 7.64. The second-order valence-electron chi connectivity index (χ2n) is 3.70. The van der Waals surface area contributed by atoms with Crippen LogP contribution in [-0.2, 0) is 0 Å². The van der Waals surface area contributed by atoms with Crippen LogP contribution in [0.3, 0.4) is 0 Å². The van der Waals surface area contributed by atoms with Gasteiger partial charge in [-0.1, -0.05) is 27.7 Å². The lowest BCUT2D eigenvalue weighted by atomic mass is 10.4. The monoisotopic (exact) mass is 205 g/mol. The molecule has 0 spiro atoms. The molecule has 0 bridgehead atoms. The van der Waals surface area contributed by atoms with Crippen LogP contribution in [0.2, 0.25) is 0 Å². The Hall–Kier alpha value is 0.310. The van der Waals surface area contributed by atoms with Crippen molar-refractivity contribution in [1.82, 2.24) is 4.90 Å². The molecule has 0 aliphatic carbocycles. The number of nitrogens with zero attached hydrogens (tertiary/aromatic N) is 1. The predicted octanol–water partition coefficient (Wildman–Crippen LogP) is 3.15. The lowest BCUT2D eigenvalue weighted by molar-refractivity contribution is 0.344. The number of rotatable bonds is 2. The molecule has 1 nitrogen and oxygen atoms in total. The lowest BCUT2D eigenvalue weighted by Gasteiger charge is -2.32. The average Bonchev–Trinajstić information content (AvgIpc) is 2.47. The zero-order valence-corrected chi connectivity index (χ0v) is 11.1. The van der Waals surface area contributed by atoms with E-state index in [1.807, 2.05) is 13.8 Å². The van der Waals surface area contributed by atoms with Crippen molar-refractivity contribution in [3.8, 4) is 0 Å². The van der Waals surface area contributed by atoms with Gasteiger partial charge in [0.2, 0.25) is 0 Å². The fourth-order valence-electron chi connectivity index (χ4n) is 1.87.